The lowest BCUT2D eigenvalue weighted by Crippen LogP contribution is -2.48. The molecule has 1 fully saturated rings. The molecule has 0 aromatic heterocycles. The lowest BCUT2D eigenvalue weighted by atomic mass is 10.0. The minimum absolute atomic E-state index is 0.0981. The van der Waals surface area contributed by atoms with E-state index in [0.29, 0.717) is 11.3 Å². The number of benzene rings is 2. The number of carbonyl (C=O) groups is 2. The fourth-order valence-corrected chi connectivity index (χ4v) is 4.43. The molecule has 1 amide bonds. The fourth-order valence-electron chi connectivity index (χ4n) is 3.18. The predicted molar refractivity (Wildman–Crippen MR) is 97.8 cm³/mol. The molecule has 1 unspecified atom stereocenters. The monoisotopic (exact) mass is 367 g/mol. The largest absolute Gasteiger partial charge is 0.448 e. The Morgan fingerprint density at radius 2 is 1.69 bits per heavy atom. The van der Waals surface area contributed by atoms with E-state index in [-0.39, 0.29) is 23.6 Å². The van der Waals surface area contributed by atoms with Crippen molar-refractivity contribution in [2.24, 2.45) is 0 Å². The van der Waals surface area contributed by atoms with Gasteiger partial charge < -0.3 is 9.84 Å². The van der Waals surface area contributed by atoms with Crippen molar-refractivity contribution < 1.29 is 19.4 Å². The summed E-state index contributed by atoms with van der Waals surface area (Å²) >= 11 is 1.35. The van der Waals surface area contributed by atoms with Crippen LogP contribution in [0.2, 0.25) is 0 Å². The molecule has 6 heteroatoms. The summed E-state index contributed by atoms with van der Waals surface area (Å²) in [6.45, 7) is -0.281. The maximum atomic E-state index is 12.9. The molecule has 1 N–H and O–H groups in total. The molecule has 2 aliphatic heterocycles. The highest BCUT2D eigenvalue weighted by atomic mass is 32.2. The van der Waals surface area contributed by atoms with Crippen molar-refractivity contribution in [3.63, 3.8) is 0 Å². The van der Waals surface area contributed by atoms with Crippen LogP contribution >= 0.6 is 11.8 Å². The van der Waals surface area contributed by atoms with Gasteiger partial charge in [-0.2, -0.15) is 0 Å². The second-order valence-electron chi connectivity index (χ2n) is 6.08. The summed E-state index contributed by atoms with van der Waals surface area (Å²) < 4.78 is 5.82. The third-order valence-corrected chi connectivity index (χ3v) is 5.71. The van der Waals surface area contributed by atoms with Crippen LogP contribution < -0.4 is 0 Å². The molecule has 0 bridgehead atoms. The first kappa shape index (κ1) is 16.9. The molecule has 2 aromatic carbocycles. The van der Waals surface area contributed by atoms with E-state index in [1.165, 1.54) is 16.7 Å². The van der Waals surface area contributed by atoms with Gasteiger partial charge >= 0.3 is 5.97 Å². The van der Waals surface area contributed by atoms with Gasteiger partial charge in [0, 0.05) is 4.91 Å². The van der Waals surface area contributed by atoms with Gasteiger partial charge in [-0.3, -0.25) is 9.69 Å². The average Bonchev–Trinajstić information content (AvgIpc) is 2.99. The van der Waals surface area contributed by atoms with E-state index in [4.69, 9.17) is 4.74 Å². The highest BCUT2D eigenvalue weighted by molar-refractivity contribution is 8.04. The molecule has 2 aromatic rings. The molecular weight excluding hydrogens is 350 g/mol. The first-order chi connectivity index (χ1) is 12.7. The number of hydrogen-bond donors (Lipinski definition) is 1. The van der Waals surface area contributed by atoms with E-state index < -0.39 is 12.1 Å². The standard InChI is InChI=1S/C20H17NO4S/c22-12-15-18(21-16(23)11-17(21)26-15)20(24)25-19(13-7-3-1-4-8-13)14-9-5-2-6-10-14/h1-10,17,19,22H,11-12H2. The van der Waals surface area contributed by atoms with Crippen LogP contribution in [-0.4, -0.2) is 33.9 Å². The number of fused-ring (bicyclic) bond motifs is 1. The number of thioether (sulfide) groups is 1. The normalized spacial score (nSPS) is 18.8. The van der Waals surface area contributed by atoms with Gasteiger partial charge in [0.2, 0.25) is 5.91 Å². The van der Waals surface area contributed by atoms with Gasteiger partial charge in [0.15, 0.2) is 6.10 Å². The Kier molecular flexibility index (Phi) is 4.53. The summed E-state index contributed by atoms with van der Waals surface area (Å²) in [5.74, 6) is -0.705. The molecule has 2 aliphatic rings. The third-order valence-electron chi connectivity index (χ3n) is 4.46. The van der Waals surface area contributed by atoms with Gasteiger partial charge in [-0.25, -0.2) is 4.79 Å². The molecule has 132 valence electrons. The van der Waals surface area contributed by atoms with E-state index in [1.807, 2.05) is 60.7 Å². The second kappa shape index (κ2) is 6.97. The fraction of sp³-hybridized carbons (Fsp3) is 0.200. The minimum Gasteiger partial charge on any atom is -0.448 e. The van der Waals surface area contributed by atoms with Crippen LogP contribution in [0, 0.1) is 0 Å². The van der Waals surface area contributed by atoms with Gasteiger partial charge in [-0.05, 0) is 11.1 Å². The molecule has 4 rings (SSSR count). The van der Waals surface area contributed by atoms with Crippen molar-refractivity contribution in [3.8, 4) is 0 Å². The maximum Gasteiger partial charge on any atom is 0.356 e. The smallest absolute Gasteiger partial charge is 0.356 e. The molecule has 1 saturated heterocycles. The van der Waals surface area contributed by atoms with Crippen LogP contribution in [0.1, 0.15) is 23.7 Å². The number of hydrogen-bond acceptors (Lipinski definition) is 5. The molecule has 0 aliphatic carbocycles. The van der Waals surface area contributed by atoms with E-state index in [2.05, 4.69) is 0 Å². The number of carbonyl (C=O) groups excluding carboxylic acids is 2. The molecule has 0 radical (unpaired) electrons. The van der Waals surface area contributed by atoms with E-state index >= 15 is 0 Å². The summed E-state index contributed by atoms with van der Waals surface area (Å²) in [6, 6.07) is 18.9. The van der Waals surface area contributed by atoms with Gasteiger partial charge in [0.25, 0.3) is 0 Å². The lowest BCUT2D eigenvalue weighted by molar-refractivity contribution is -0.151. The SMILES string of the molecule is O=C(OC(c1ccccc1)c1ccccc1)C1=C(CO)SC2CC(=O)N12. The van der Waals surface area contributed by atoms with Gasteiger partial charge in [-0.1, -0.05) is 72.4 Å². The summed E-state index contributed by atoms with van der Waals surface area (Å²) in [5.41, 5.74) is 1.86. The topological polar surface area (TPSA) is 66.8 Å². The number of rotatable bonds is 5. The zero-order chi connectivity index (χ0) is 18.1. The highest BCUT2D eigenvalue weighted by Crippen LogP contribution is 2.46. The number of ether oxygens (including phenoxy) is 1. The Morgan fingerprint density at radius 1 is 1.12 bits per heavy atom. The number of β-lactam (4-membered cyclic amide) rings is 1. The van der Waals surface area contributed by atoms with Crippen LogP contribution in [0.4, 0.5) is 0 Å². The molecule has 0 spiro atoms. The van der Waals surface area contributed by atoms with Crippen molar-refractivity contribution in [2.45, 2.75) is 17.9 Å². The number of aliphatic hydroxyl groups is 1. The van der Waals surface area contributed by atoms with Crippen molar-refractivity contribution in [3.05, 3.63) is 82.4 Å². The number of amides is 1. The quantitative estimate of drug-likeness (QED) is 0.650. The van der Waals surface area contributed by atoms with Gasteiger partial charge in [-0.15, -0.1) is 0 Å². The maximum absolute atomic E-state index is 12.9. The molecule has 1 atom stereocenters. The average molecular weight is 367 g/mol. The summed E-state index contributed by atoms with van der Waals surface area (Å²) in [7, 11) is 0. The van der Waals surface area contributed by atoms with E-state index in [9.17, 15) is 14.7 Å². The van der Waals surface area contributed by atoms with Gasteiger partial charge in [0.1, 0.15) is 5.70 Å². The van der Waals surface area contributed by atoms with Crippen LogP contribution in [-0.2, 0) is 14.3 Å². The molecular formula is C20H17NO4S. The number of esters is 1. The summed E-state index contributed by atoms with van der Waals surface area (Å²) in [6.07, 6.45) is -0.205. The van der Waals surface area contributed by atoms with Crippen molar-refractivity contribution in [1.82, 2.24) is 4.90 Å². The first-order valence-electron chi connectivity index (χ1n) is 8.32. The van der Waals surface area contributed by atoms with Crippen molar-refractivity contribution in [2.75, 3.05) is 6.61 Å². The number of nitrogens with zero attached hydrogens (tertiary/aromatic N) is 1. The Labute approximate surface area is 155 Å². The second-order valence-corrected chi connectivity index (χ2v) is 7.35. The Hall–Kier alpha value is -2.57. The summed E-state index contributed by atoms with van der Waals surface area (Å²) in [4.78, 5) is 26.7. The summed E-state index contributed by atoms with van der Waals surface area (Å²) in [5, 5.41) is 9.48. The van der Waals surface area contributed by atoms with Crippen molar-refractivity contribution in [1.29, 1.82) is 0 Å². The molecule has 26 heavy (non-hydrogen) atoms. The number of aliphatic hydroxyl groups excluding tert-OH is 1. The van der Waals surface area contributed by atoms with E-state index in [0.717, 1.165) is 11.1 Å². The van der Waals surface area contributed by atoms with E-state index in [1.54, 1.807) is 0 Å². The lowest BCUT2D eigenvalue weighted by Gasteiger charge is -2.34. The highest BCUT2D eigenvalue weighted by Gasteiger charge is 2.49. The Morgan fingerprint density at radius 3 is 2.19 bits per heavy atom. The van der Waals surface area contributed by atoms with Crippen molar-refractivity contribution >= 4 is 23.6 Å². The zero-order valence-corrected chi connectivity index (χ0v) is 14.7. The third kappa shape index (κ3) is 2.91. The zero-order valence-electron chi connectivity index (χ0n) is 13.9. The minimum atomic E-state index is -0.588. The molecule has 0 saturated carbocycles. The van der Waals surface area contributed by atoms with Crippen LogP contribution in [0.3, 0.4) is 0 Å². The van der Waals surface area contributed by atoms with Crippen LogP contribution in [0.5, 0.6) is 0 Å². The van der Waals surface area contributed by atoms with Gasteiger partial charge in [0.05, 0.1) is 18.4 Å². The Bertz CT molecular complexity index is 826. The van der Waals surface area contributed by atoms with Crippen LogP contribution in [0.25, 0.3) is 0 Å². The molecule has 5 nitrogen and oxygen atoms in total. The molecule has 2 heterocycles. The first-order valence-corrected chi connectivity index (χ1v) is 9.20. The van der Waals surface area contributed by atoms with Crippen LogP contribution in [0.15, 0.2) is 71.3 Å². The Balaban J connectivity index is 1.66. The predicted octanol–water partition coefficient (Wildman–Crippen LogP) is 2.83.